The fourth-order valence-corrected chi connectivity index (χ4v) is 1.62. The van der Waals surface area contributed by atoms with Crippen LogP contribution in [-0.4, -0.2) is 38.6 Å². The summed E-state index contributed by atoms with van der Waals surface area (Å²) < 4.78 is 21.0. The van der Waals surface area contributed by atoms with Gasteiger partial charge in [-0.2, -0.15) is 0 Å². The van der Waals surface area contributed by atoms with Gasteiger partial charge < -0.3 is 14.9 Å². The minimum Gasteiger partial charge on any atom is -0.394 e. The number of aliphatic hydroxyl groups excluding tert-OH is 2. The molecule has 1 aliphatic heterocycles. The molecular formula is C10H14N2O5. The van der Waals surface area contributed by atoms with Crippen LogP contribution >= 0.6 is 0 Å². The lowest BCUT2D eigenvalue weighted by molar-refractivity contribution is -0.0459. The van der Waals surface area contributed by atoms with Crippen LogP contribution in [0.2, 0.25) is 0 Å². The second-order valence-electron chi connectivity index (χ2n) is 3.80. The molecule has 7 nitrogen and oxygen atoms in total. The third kappa shape index (κ3) is 2.17. The molecule has 0 aromatic carbocycles. The topological polar surface area (TPSA) is 105 Å². The highest BCUT2D eigenvalue weighted by Gasteiger charge is 2.34. The lowest BCUT2D eigenvalue weighted by Crippen LogP contribution is -2.33. The minimum absolute atomic E-state index is 0.250. The van der Waals surface area contributed by atoms with Crippen LogP contribution in [0.5, 0.6) is 0 Å². The Morgan fingerprint density at radius 2 is 2.47 bits per heavy atom. The molecule has 94 valence electrons. The van der Waals surface area contributed by atoms with Crippen LogP contribution in [0.3, 0.4) is 0 Å². The van der Waals surface area contributed by atoms with E-state index < -0.39 is 42.7 Å². The van der Waals surface area contributed by atoms with E-state index in [0.29, 0.717) is 0 Å². The van der Waals surface area contributed by atoms with Gasteiger partial charge in [0.25, 0.3) is 5.56 Å². The van der Waals surface area contributed by atoms with Gasteiger partial charge in [-0.25, -0.2) is 4.79 Å². The van der Waals surface area contributed by atoms with Gasteiger partial charge in [0, 0.05) is 19.5 Å². The zero-order chi connectivity index (χ0) is 14.3. The standard InChI is InChI=1S/C10H14N2O5/c1-5-3-12(10(16)11-9(5)15)8-2-6(14)7(4-13)17-8/h3,6-8,13-14H,2,4H2,1H3,(H,11,15,16)/t6-,7+,8+/m0/s1/i2+1D,4+1D,6+1,7+1,8+1/t2-,4?,6+,7-,8-/m1. The Kier molecular flexibility index (Phi) is 2.50. The number of rotatable bonds is 2. The van der Waals surface area contributed by atoms with E-state index in [-0.39, 0.29) is 5.56 Å². The van der Waals surface area contributed by atoms with Crippen molar-refractivity contribution in [3.8, 4) is 0 Å². The molecule has 1 aromatic rings. The predicted octanol–water partition coefficient (Wildman–Crippen LogP) is -1.51. The lowest BCUT2D eigenvalue weighted by atomic mass is 10.4. The van der Waals surface area contributed by atoms with Gasteiger partial charge in [-0.15, -0.1) is 0 Å². The van der Waals surface area contributed by atoms with E-state index in [9.17, 15) is 14.7 Å². The van der Waals surface area contributed by atoms with Crippen molar-refractivity contribution >= 4 is 0 Å². The molecule has 1 unspecified atom stereocenters. The highest BCUT2D eigenvalue weighted by Crippen LogP contribution is 2.27. The highest BCUT2D eigenvalue weighted by molar-refractivity contribution is 5.02. The highest BCUT2D eigenvalue weighted by atomic mass is 16.7. The number of aliphatic hydroxyl groups is 2. The number of aromatic amines is 1. The number of nitrogens with one attached hydrogen (secondary N) is 1. The zero-order valence-corrected chi connectivity index (χ0v) is 9.03. The van der Waals surface area contributed by atoms with E-state index in [1.807, 2.05) is 0 Å². The fourth-order valence-electron chi connectivity index (χ4n) is 1.62. The molecule has 1 aliphatic rings. The van der Waals surface area contributed by atoms with Crippen molar-refractivity contribution in [2.45, 2.75) is 31.8 Å². The van der Waals surface area contributed by atoms with Crippen molar-refractivity contribution in [3.63, 3.8) is 0 Å². The molecule has 0 bridgehead atoms. The maximum atomic E-state index is 11.7. The molecule has 2 rings (SSSR count). The van der Waals surface area contributed by atoms with Crippen molar-refractivity contribution in [2.24, 2.45) is 0 Å². The van der Waals surface area contributed by atoms with Gasteiger partial charge in [-0.1, -0.05) is 0 Å². The number of ether oxygens (including phenoxy) is 1. The Balaban J connectivity index is 2.41. The summed E-state index contributed by atoms with van der Waals surface area (Å²) in [6, 6.07) is 0. The van der Waals surface area contributed by atoms with Crippen molar-refractivity contribution in [1.82, 2.24) is 9.55 Å². The molecule has 7 heteroatoms. The first kappa shape index (κ1) is 9.58. The molecule has 1 aromatic heterocycles. The third-order valence-electron chi connectivity index (χ3n) is 2.56. The smallest absolute Gasteiger partial charge is 0.330 e. The van der Waals surface area contributed by atoms with Gasteiger partial charge in [-0.3, -0.25) is 14.3 Å². The fraction of sp³-hybridized carbons (Fsp3) is 0.600. The van der Waals surface area contributed by atoms with Crippen LogP contribution in [0.15, 0.2) is 15.8 Å². The summed E-state index contributed by atoms with van der Waals surface area (Å²) in [5.74, 6) is 0. The van der Waals surface area contributed by atoms with Gasteiger partial charge in [0.15, 0.2) is 0 Å². The van der Waals surface area contributed by atoms with E-state index in [2.05, 4.69) is 4.98 Å². The first-order valence-electron chi connectivity index (χ1n) is 6.16. The molecule has 0 aliphatic carbocycles. The van der Waals surface area contributed by atoms with Crippen LogP contribution in [-0.2, 0) is 4.74 Å². The Morgan fingerprint density at radius 1 is 1.76 bits per heavy atom. The van der Waals surface area contributed by atoms with Crippen molar-refractivity contribution < 1.29 is 17.7 Å². The Labute approximate surface area is 99.1 Å². The maximum Gasteiger partial charge on any atom is 0.330 e. The van der Waals surface area contributed by atoms with Crippen LogP contribution < -0.4 is 11.2 Å². The number of H-pyrrole nitrogens is 1. The number of nitrogens with zero attached hydrogens (tertiary/aromatic N) is 1. The van der Waals surface area contributed by atoms with E-state index in [0.717, 1.165) is 4.57 Å². The van der Waals surface area contributed by atoms with E-state index in [1.54, 1.807) is 0 Å². The Hall–Kier alpha value is -1.44. The van der Waals surface area contributed by atoms with Gasteiger partial charge in [0.1, 0.15) is 12.3 Å². The van der Waals surface area contributed by atoms with Crippen molar-refractivity contribution in [1.29, 1.82) is 0 Å². The normalized spacial score (nSPS) is 36.4. The van der Waals surface area contributed by atoms with E-state index >= 15 is 0 Å². The Morgan fingerprint density at radius 3 is 3.06 bits per heavy atom. The predicted molar refractivity (Wildman–Crippen MR) is 57.7 cm³/mol. The van der Waals surface area contributed by atoms with Crippen molar-refractivity contribution in [2.75, 3.05) is 6.58 Å². The molecule has 0 saturated carbocycles. The zero-order valence-electron chi connectivity index (χ0n) is 11.0. The molecule has 1 saturated heterocycles. The summed E-state index contributed by atoms with van der Waals surface area (Å²) in [6.45, 7) is -0.233. The van der Waals surface area contributed by atoms with Gasteiger partial charge >= 0.3 is 5.69 Å². The van der Waals surface area contributed by atoms with Gasteiger partial charge in [-0.05, 0) is 6.92 Å². The first-order valence-corrected chi connectivity index (χ1v) is 5.01. The molecular weight excluding hydrogens is 233 g/mol. The molecule has 2 heterocycles. The number of hydrogen-bond acceptors (Lipinski definition) is 5. The van der Waals surface area contributed by atoms with E-state index in [4.69, 9.17) is 12.6 Å². The molecule has 0 amide bonds. The summed E-state index contributed by atoms with van der Waals surface area (Å²) in [6.07, 6.45) is -3.85. The quantitative estimate of drug-likeness (QED) is 0.552. The molecule has 0 spiro atoms. The second-order valence-corrected chi connectivity index (χ2v) is 3.80. The SMILES string of the molecule is [2H][13CH](O)[13C@H]1O[13C@@H](n2cc(C)c(=O)[nH]c2=O)[13C@H]([2H])[13C@@H]1O. The van der Waals surface area contributed by atoms with Crippen molar-refractivity contribution in [3.05, 3.63) is 32.6 Å². The molecule has 5 atom stereocenters. The minimum atomic E-state index is -1.72. The van der Waals surface area contributed by atoms with Crippen LogP contribution in [0, 0.1) is 6.92 Å². The largest absolute Gasteiger partial charge is 0.394 e. The summed E-state index contributed by atoms with van der Waals surface area (Å²) in [5.41, 5.74) is -1.07. The van der Waals surface area contributed by atoms with E-state index in [1.165, 1.54) is 13.1 Å². The molecule has 0 radical (unpaired) electrons. The lowest BCUT2D eigenvalue weighted by Gasteiger charge is -2.14. The summed E-state index contributed by atoms with van der Waals surface area (Å²) >= 11 is 0. The average Bonchev–Trinajstić information content (AvgIpc) is 2.62. The van der Waals surface area contributed by atoms with Gasteiger partial charge in [0.2, 0.25) is 0 Å². The second kappa shape index (κ2) is 4.44. The molecule has 1 fully saturated rings. The number of aryl methyl sites for hydroxylation is 1. The summed E-state index contributed by atoms with van der Waals surface area (Å²) in [5, 5.41) is 18.8. The molecule has 17 heavy (non-hydrogen) atoms. The number of hydrogen-bond donors (Lipinski definition) is 3. The Bertz CT molecular complexity index is 584. The van der Waals surface area contributed by atoms with Gasteiger partial charge in [0.05, 0.1) is 14.1 Å². The summed E-state index contributed by atoms with van der Waals surface area (Å²) in [4.78, 5) is 25.0. The molecule has 3 N–H and O–H groups in total. The van der Waals surface area contributed by atoms with Crippen LogP contribution in [0.1, 0.15) is 20.9 Å². The van der Waals surface area contributed by atoms with Crippen LogP contribution in [0.25, 0.3) is 0 Å². The van der Waals surface area contributed by atoms with Crippen LogP contribution in [0.4, 0.5) is 0 Å². The average molecular weight is 249 g/mol. The monoisotopic (exact) mass is 249 g/mol. The third-order valence-corrected chi connectivity index (χ3v) is 2.56. The number of aromatic nitrogens is 2. The first-order chi connectivity index (χ1) is 8.82. The summed E-state index contributed by atoms with van der Waals surface area (Å²) in [7, 11) is 0. The maximum absolute atomic E-state index is 11.7.